The molecule has 0 radical (unpaired) electrons. The highest BCUT2D eigenvalue weighted by Crippen LogP contribution is 2.31. The Bertz CT molecular complexity index is 1510. The zero-order valence-electron chi connectivity index (χ0n) is 24.5. The molecule has 44 heavy (non-hydrogen) atoms. The van der Waals surface area contributed by atoms with Gasteiger partial charge in [0.1, 0.15) is 23.4 Å². The third-order valence-corrected chi connectivity index (χ3v) is 7.75. The van der Waals surface area contributed by atoms with Crippen molar-refractivity contribution in [3.8, 4) is 28.7 Å². The van der Waals surface area contributed by atoms with Gasteiger partial charge in [0.05, 0.1) is 26.3 Å². The fourth-order valence-electron chi connectivity index (χ4n) is 5.09. The summed E-state index contributed by atoms with van der Waals surface area (Å²) in [6.45, 7) is 0.925. The highest BCUT2D eigenvalue weighted by molar-refractivity contribution is 5.95. The second-order valence-electron chi connectivity index (χ2n) is 11.1. The zero-order chi connectivity index (χ0) is 30.5. The maximum atomic E-state index is 13.6. The number of nitrogens with zero attached hydrogens (tertiary/aromatic N) is 1. The first kappa shape index (κ1) is 29.2. The Morgan fingerprint density at radius 2 is 1.75 bits per heavy atom. The molecule has 1 aliphatic carbocycles. The summed E-state index contributed by atoms with van der Waals surface area (Å²) < 4.78 is 29.1. The molecule has 2 N–H and O–H groups in total. The molecule has 3 heterocycles. The molecule has 1 saturated heterocycles. The zero-order valence-corrected chi connectivity index (χ0v) is 24.5. The summed E-state index contributed by atoms with van der Waals surface area (Å²) >= 11 is 0. The first-order valence-electron chi connectivity index (χ1n) is 14.7. The van der Waals surface area contributed by atoms with Crippen LogP contribution in [-0.2, 0) is 16.1 Å². The molecule has 2 atom stereocenters. The maximum Gasteiger partial charge on any atom is 0.260 e. The van der Waals surface area contributed by atoms with Gasteiger partial charge in [-0.1, -0.05) is 24.3 Å². The highest BCUT2D eigenvalue weighted by atomic mass is 16.5. The number of para-hydroxylation sites is 2. The fourth-order valence-corrected chi connectivity index (χ4v) is 5.09. The smallest absolute Gasteiger partial charge is 0.260 e. The van der Waals surface area contributed by atoms with E-state index in [4.69, 9.17) is 23.7 Å². The van der Waals surface area contributed by atoms with E-state index in [0.29, 0.717) is 53.4 Å². The number of carbonyl (C=O) groups is 3. The van der Waals surface area contributed by atoms with Crippen molar-refractivity contribution in [3.05, 3.63) is 77.9 Å². The summed E-state index contributed by atoms with van der Waals surface area (Å²) in [4.78, 5) is 41.0. The lowest BCUT2D eigenvalue weighted by atomic mass is 10.1. The van der Waals surface area contributed by atoms with Crippen molar-refractivity contribution in [2.45, 2.75) is 31.5 Å². The molecule has 3 amide bonds. The summed E-state index contributed by atoms with van der Waals surface area (Å²) in [6.07, 6.45) is 1.71. The fraction of sp³-hybridized carbons (Fsp3) is 0.364. The van der Waals surface area contributed by atoms with Gasteiger partial charge in [-0.25, -0.2) is 0 Å². The molecule has 7 rings (SSSR count). The third kappa shape index (κ3) is 7.34. The standard InChI is InChI=1S/C33H35N3O8/c1-40-28-4-2-3-5-29(28)43-20-32(38)36-16-27-30(17-36)44-24-10-8-21(9-11-24)15-34-31(37)19-42-26-13-23(33(39)35-27)12-25(14-26)41-18-22-6-7-22/h2-5,8-14,22,27,30H,6-7,15-20H2,1H3,(H,34,37)(H,35,39)/t27-,30-/m0/s1. The number of benzene rings is 3. The number of rotatable bonds is 7. The van der Waals surface area contributed by atoms with Gasteiger partial charge in [0, 0.05) is 24.7 Å². The number of ether oxygens (including phenoxy) is 5. The van der Waals surface area contributed by atoms with Crippen LogP contribution in [0, 0.1) is 5.92 Å². The van der Waals surface area contributed by atoms with Gasteiger partial charge >= 0.3 is 0 Å². The van der Waals surface area contributed by atoms with E-state index in [1.807, 2.05) is 18.2 Å². The molecular weight excluding hydrogens is 566 g/mol. The Labute approximate surface area is 255 Å². The normalized spacial score (nSPS) is 19.9. The molecule has 2 fully saturated rings. The van der Waals surface area contributed by atoms with Crippen molar-refractivity contribution in [2.75, 3.05) is 40.0 Å². The third-order valence-electron chi connectivity index (χ3n) is 7.75. The van der Waals surface area contributed by atoms with Crippen LogP contribution < -0.4 is 34.3 Å². The maximum absolute atomic E-state index is 13.6. The first-order valence-corrected chi connectivity index (χ1v) is 14.7. The van der Waals surface area contributed by atoms with Gasteiger partial charge in [-0.15, -0.1) is 0 Å². The minimum absolute atomic E-state index is 0.199. The Hall–Kier alpha value is -4.93. The van der Waals surface area contributed by atoms with Crippen molar-refractivity contribution < 1.29 is 38.1 Å². The van der Waals surface area contributed by atoms with Crippen molar-refractivity contribution in [1.29, 1.82) is 0 Å². The van der Waals surface area contributed by atoms with Gasteiger partial charge in [0.2, 0.25) is 0 Å². The van der Waals surface area contributed by atoms with E-state index in [2.05, 4.69) is 10.6 Å². The van der Waals surface area contributed by atoms with E-state index in [1.165, 1.54) is 0 Å². The number of methoxy groups -OCH3 is 1. The lowest BCUT2D eigenvalue weighted by Crippen LogP contribution is -2.45. The molecule has 11 heteroatoms. The van der Waals surface area contributed by atoms with Crippen molar-refractivity contribution in [2.24, 2.45) is 5.92 Å². The molecule has 230 valence electrons. The predicted octanol–water partition coefficient (Wildman–Crippen LogP) is 2.96. The van der Waals surface area contributed by atoms with Crippen LogP contribution >= 0.6 is 0 Å². The Morgan fingerprint density at radius 1 is 0.955 bits per heavy atom. The minimum Gasteiger partial charge on any atom is -0.493 e. The molecule has 1 saturated carbocycles. The van der Waals surface area contributed by atoms with Crippen LogP contribution in [0.3, 0.4) is 0 Å². The van der Waals surface area contributed by atoms with Crippen LogP contribution in [0.25, 0.3) is 0 Å². The quantitative estimate of drug-likeness (QED) is 0.424. The minimum atomic E-state index is -0.527. The number of fused-ring (bicyclic) bond motifs is 7. The molecule has 3 aliphatic heterocycles. The lowest BCUT2D eigenvalue weighted by Gasteiger charge is -2.21. The van der Waals surface area contributed by atoms with Crippen LogP contribution in [0.1, 0.15) is 28.8 Å². The van der Waals surface area contributed by atoms with Crippen LogP contribution in [0.4, 0.5) is 0 Å². The monoisotopic (exact) mass is 601 g/mol. The molecule has 0 unspecified atom stereocenters. The number of hydrogen-bond donors (Lipinski definition) is 2. The Morgan fingerprint density at radius 3 is 2.52 bits per heavy atom. The van der Waals surface area contributed by atoms with Gasteiger partial charge in [0.25, 0.3) is 17.7 Å². The first-order chi connectivity index (χ1) is 21.4. The second-order valence-corrected chi connectivity index (χ2v) is 11.1. The van der Waals surface area contributed by atoms with Gasteiger partial charge < -0.3 is 39.2 Å². The van der Waals surface area contributed by atoms with E-state index in [1.54, 1.807) is 60.5 Å². The van der Waals surface area contributed by atoms with Gasteiger partial charge in [-0.2, -0.15) is 0 Å². The van der Waals surface area contributed by atoms with E-state index < -0.39 is 12.1 Å². The van der Waals surface area contributed by atoms with E-state index in [9.17, 15) is 14.4 Å². The average molecular weight is 602 g/mol. The second kappa shape index (κ2) is 13.2. The number of amides is 3. The van der Waals surface area contributed by atoms with Crippen molar-refractivity contribution >= 4 is 17.7 Å². The molecule has 3 aromatic rings. The Kier molecular flexibility index (Phi) is 8.71. The van der Waals surface area contributed by atoms with Gasteiger partial charge in [-0.3, -0.25) is 14.4 Å². The lowest BCUT2D eigenvalue weighted by molar-refractivity contribution is -0.132. The number of nitrogens with one attached hydrogen (secondary N) is 2. The molecule has 11 nitrogen and oxygen atoms in total. The number of hydrogen-bond acceptors (Lipinski definition) is 8. The van der Waals surface area contributed by atoms with Crippen LogP contribution in [0.2, 0.25) is 0 Å². The average Bonchev–Trinajstić information content (AvgIpc) is 3.80. The molecular formula is C33H35N3O8. The predicted molar refractivity (Wildman–Crippen MR) is 159 cm³/mol. The summed E-state index contributed by atoms with van der Waals surface area (Å²) in [7, 11) is 1.54. The van der Waals surface area contributed by atoms with E-state index in [-0.39, 0.29) is 44.0 Å². The molecule has 0 spiro atoms. The SMILES string of the molecule is COc1ccccc1OCC(=O)N1C[C@@H]2NC(=O)c3cc(cc(OCC4CC4)c3)OCC(=O)NCc3ccc(cc3)O[C@H]2C1. The summed E-state index contributed by atoms with van der Waals surface area (Å²) in [6, 6.07) is 18.8. The van der Waals surface area contributed by atoms with Crippen LogP contribution in [-0.4, -0.2) is 74.8 Å². The Balaban J connectivity index is 1.22. The van der Waals surface area contributed by atoms with Gasteiger partial charge in [-0.05, 0) is 60.7 Å². The molecule has 0 aromatic heterocycles. The summed E-state index contributed by atoms with van der Waals surface area (Å²) in [5, 5.41) is 5.89. The van der Waals surface area contributed by atoms with E-state index >= 15 is 0 Å². The number of likely N-dealkylation sites (tertiary alicyclic amines) is 1. The van der Waals surface area contributed by atoms with Crippen molar-refractivity contribution in [3.63, 3.8) is 0 Å². The summed E-state index contributed by atoms with van der Waals surface area (Å²) in [5.74, 6) is 1.99. The van der Waals surface area contributed by atoms with Crippen LogP contribution in [0.5, 0.6) is 28.7 Å². The topological polar surface area (TPSA) is 125 Å². The molecule has 4 aliphatic rings. The van der Waals surface area contributed by atoms with Crippen LogP contribution in [0.15, 0.2) is 66.7 Å². The summed E-state index contributed by atoms with van der Waals surface area (Å²) in [5.41, 5.74) is 1.19. The largest absolute Gasteiger partial charge is 0.493 e. The van der Waals surface area contributed by atoms with Gasteiger partial charge in [0.15, 0.2) is 24.7 Å². The van der Waals surface area contributed by atoms with E-state index in [0.717, 1.165) is 18.4 Å². The molecule has 4 bridgehead atoms. The molecule has 3 aromatic carbocycles. The van der Waals surface area contributed by atoms with Crippen molar-refractivity contribution in [1.82, 2.24) is 15.5 Å². The number of carbonyl (C=O) groups excluding carboxylic acids is 3. The highest BCUT2D eigenvalue weighted by Gasteiger charge is 2.38.